The Hall–Kier alpha value is -3.17. The van der Waals surface area contributed by atoms with Gasteiger partial charge in [-0.25, -0.2) is 19.7 Å². The molecular formula is C27H32F3N5O2. The summed E-state index contributed by atoms with van der Waals surface area (Å²) in [5.41, 5.74) is 2.76. The summed E-state index contributed by atoms with van der Waals surface area (Å²) in [7, 11) is 0. The zero-order valence-electron chi connectivity index (χ0n) is 21.1. The molecule has 2 heterocycles. The van der Waals surface area contributed by atoms with Crippen molar-refractivity contribution in [1.29, 1.82) is 0 Å². The van der Waals surface area contributed by atoms with Crippen LogP contribution in [-0.2, 0) is 6.54 Å². The number of aromatic carboxylic acids is 1. The fraction of sp³-hybridized carbons (Fsp3) is 0.556. The molecule has 1 aromatic carbocycles. The third-order valence-electron chi connectivity index (χ3n) is 8.04. The zero-order valence-corrected chi connectivity index (χ0v) is 21.1. The Morgan fingerprint density at radius 3 is 2.46 bits per heavy atom. The fourth-order valence-electron chi connectivity index (χ4n) is 5.62. The maximum atomic E-state index is 13.3. The molecule has 2 saturated carbocycles. The highest BCUT2D eigenvalue weighted by Gasteiger charge is 2.41. The van der Waals surface area contributed by atoms with Crippen molar-refractivity contribution < 1.29 is 23.1 Å². The smallest absolute Gasteiger partial charge is 0.391 e. The summed E-state index contributed by atoms with van der Waals surface area (Å²) in [6.07, 6.45) is 0.378. The number of anilines is 1. The highest BCUT2D eigenvalue weighted by Crippen LogP contribution is 2.41. The maximum Gasteiger partial charge on any atom is 0.391 e. The fourth-order valence-corrected chi connectivity index (χ4v) is 5.62. The van der Waals surface area contributed by atoms with Gasteiger partial charge in [0, 0.05) is 18.2 Å². The maximum absolute atomic E-state index is 13.3. The largest absolute Gasteiger partial charge is 0.475 e. The summed E-state index contributed by atoms with van der Waals surface area (Å²) in [4.78, 5) is 25.2. The van der Waals surface area contributed by atoms with Crippen LogP contribution < -0.4 is 5.32 Å². The second kappa shape index (κ2) is 9.95. The lowest BCUT2D eigenvalue weighted by Gasteiger charge is -2.32. The minimum Gasteiger partial charge on any atom is -0.475 e. The second-order valence-corrected chi connectivity index (χ2v) is 10.7. The summed E-state index contributed by atoms with van der Waals surface area (Å²) < 4.78 is 41.8. The number of hydrogen-bond donors (Lipinski definition) is 2. The van der Waals surface area contributed by atoms with Gasteiger partial charge in [0.1, 0.15) is 11.3 Å². The Labute approximate surface area is 213 Å². The molecule has 2 aromatic heterocycles. The van der Waals surface area contributed by atoms with Crippen molar-refractivity contribution in [2.24, 2.45) is 17.8 Å². The number of fused-ring (bicyclic) bond motifs is 1. The number of hydrogen-bond acceptors (Lipinski definition) is 5. The van der Waals surface area contributed by atoms with E-state index < -0.39 is 18.1 Å². The number of carboxylic acid groups (broad SMARTS) is 1. The number of halogens is 3. The van der Waals surface area contributed by atoms with Crippen molar-refractivity contribution in [3.8, 4) is 11.4 Å². The van der Waals surface area contributed by atoms with E-state index in [1.165, 1.54) is 6.42 Å². The standard InChI is InChI=1S/C27H32F3N5O2/c1-15-5-3-8-19(13-15)25-34-23-21(35(25)14-17-9-11-20(12-10-17)27(28,29)30)22(32-24(33-23)26(36)37)31-16(2)18-6-4-7-18/h3,5,8,13,16-18,20H,4,6-7,9-12,14H2,1-2H3,(H,36,37)(H,31,32,33)/t16-,17?,20?/m1/s1. The molecule has 0 amide bonds. The van der Waals surface area contributed by atoms with Crippen LogP contribution in [0.1, 0.15) is 68.1 Å². The summed E-state index contributed by atoms with van der Waals surface area (Å²) in [6, 6.07) is 7.91. The number of aromatic nitrogens is 4. The minimum absolute atomic E-state index is 0.0376. The molecule has 2 aliphatic carbocycles. The Bertz CT molecular complexity index is 1290. The van der Waals surface area contributed by atoms with Crippen LogP contribution in [-0.4, -0.2) is 42.8 Å². The summed E-state index contributed by atoms with van der Waals surface area (Å²) in [5, 5.41) is 13.1. The molecule has 37 heavy (non-hydrogen) atoms. The Morgan fingerprint density at radius 1 is 1.14 bits per heavy atom. The lowest BCUT2D eigenvalue weighted by Crippen LogP contribution is -2.32. The molecule has 0 spiro atoms. The lowest BCUT2D eigenvalue weighted by atomic mass is 9.80. The van der Waals surface area contributed by atoms with Crippen LogP contribution in [0.4, 0.5) is 19.0 Å². The van der Waals surface area contributed by atoms with Crippen LogP contribution in [0.3, 0.4) is 0 Å². The van der Waals surface area contributed by atoms with Crippen LogP contribution in [0, 0.1) is 24.7 Å². The molecule has 5 rings (SSSR count). The molecule has 7 nitrogen and oxygen atoms in total. The van der Waals surface area contributed by atoms with Crippen molar-refractivity contribution in [2.75, 3.05) is 5.32 Å². The average molecular weight is 516 g/mol. The highest BCUT2D eigenvalue weighted by molar-refractivity contribution is 5.92. The number of imidazole rings is 1. The Kier molecular flexibility index (Phi) is 6.85. The molecule has 0 aliphatic heterocycles. The van der Waals surface area contributed by atoms with E-state index in [-0.39, 0.29) is 36.3 Å². The molecular weight excluding hydrogens is 483 g/mol. The number of benzene rings is 1. The van der Waals surface area contributed by atoms with Crippen LogP contribution >= 0.6 is 0 Å². The molecule has 2 N–H and O–H groups in total. The van der Waals surface area contributed by atoms with E-state index in [9.17, 15) is 23.1 Å². The SMILES string of the molecule is Cc1cccc(-c2nc3nc(C(=O)O)nc(N[C@H](C)C4CCC4)c3n2CC2CCC(C(F)(F)F)CC2)c1. The number of carbonyl (C=O) groups is 1. The normalized spacial score (nSPS) is 21.5. The van der Waals surface area contributed by atoms with E-state index in [4.69, 9.17) is 4.98 Å². The molecule has 198 valence electrons. The molecule has 0 radical (unpaired) electrons. The van der Waals surface area contributed by atoms with Crippen molar-refractivity contribution in [3.63, 3.8) is 0 Å². The van der Waals surface area contributed by atoms with E-state index in [1.54, 1.807) is 0 Å². The molecule has 0 unspecified atom stereocenters. The first kappa shape index (κ1) is 25.5. The van der Waals surface area contributed by atoms with Crippen LogP contribution in [0.25, 0.3) is 22.6 Å². The molecule has 3 aromatic rings. The highest BCUT2D eigenvalue weighted by atomic mass is 19.4. The summed E-state index contributed by atoms with van der Waals surface area (Å²) in [5.74, 6) is -1.27. The van der Waals surface area contributed by atoms with E-state index in [0.717, 1.165) is 24.0 Å². The zero-order chi connectivity index (χ0) is 26.3. The van der Waals surface area contributed by atoms with Gasteiger partial charge in [-0.15, -0.1) is 0 Å². The van der Waals surface area contributed by atoms with Crippen LogP contribution in [0.15, 0.2) is 24.3 Å². The molecule has 2 fully saturated rings. The topological polar surface area (TPSA) is 92.9 Å². The Balaban J connectivity index is 1.59. The van der Waals surface area contributed by atoms with Gasteiger partial charge >= 0.3 is 12.1 Å². The Morgan fingerprint density at radius 2 is 1.86 bits per heavy atom. The van der Waals surface area contributed by atoms with Crippen molar-refractivity contribution >= 4 is 23.0 Å². The summed E-state index contributed by atoms with van der Waals surface area (Å²) >= 11 is 0. The third kappa shape index (κ3) is 5.29. The second-order valence-electron chi connectivity index (χ2n) is 10.7. The third-order valence-corrected chi connectivity index (χ3v) is 8.04. The van der Waals surface area contributed by atoms with Crippen molar-refractivity contribution in [2.45, 2.75) is 77.6 Å². The molecule has 0 saturated heterocycles. The van der Waals surface area contributed by atoms with Gasteiger partial charge < -0.3 is 15.0 Å². The van der Waals surface area contributed by atoms with Gasteiger partial charge in [-0.1, -0.05) is 30.2 Å². The van der Waals surface area contributed by atoms with Gasteiger partial charge in [0.15, 0.2) is 11.5 Å². The predicted molar refractivity (Wildman–Crippen MR) is 134 cm³/mol. The lowest BCUT2D eigenvalue weighted by molar-refractivity contribution is -0.184. The quantitative estimate of drug-likeness (QED) is 0.375. The molecule has 10 heteroatoms. The van der Waals surface area contributed by atoms with Gasteiger partial charge in [-0.05, 0) is 70.3 Å². The van der Waals surface area contributed by atoms with Gasteiger partial charge in [-0.3, -0.25) is 0 Å². The van der Waals surface area contributed by atoms with Crippen LogP contribution in [0.5, 0.6) is 0 Å². The average Bonchev–Trinajstić information content (AvgIpc) is 3.16. The van der Waals surface area contributed by atoms with E-state index >= 15 is 0 Å². The number of aryl methyl sites for hydroxylation is 1. The van der Waals surface area contributed by atoms with E-state index in [1.807, 2.05) is 35.8 Å². The number of nitrogens with zero attached hydrogens (tertiary/aromatic N) is 4. The van der Waals surface area contributed by atoms with E-state index in [2.05, 4.69) is 22.2 Å². The molecule has 2 aliphatic rings. The van der Waals surface area contributed by atoms with Gasteiger partial charge in [0.05, 0.1) is 5.92 Å². The monoisotopic (exact) mass is 515 g/mol. The van der Waals surface area contributed by atoms with Gasteiger partial charge in [0.2, 0.25) is 5.82 Å². The number of alkyl halides is 3. The van der Waals surface area contributed by atoms with Crippen LogP contribution in [0.2, 0.25) is 0 Å². The van der Waals surface area contributed by atoms with Crippen molar-refractivity contribution in [1.82, 2.24) is 19.5 Å². The van der Waals surface area contributed by atoms with E-state index in [0.29, 0.717) is 42.5 Å². The van der Waals surface area contributed by atoms with Gasteiger partial charge in [-0.2, -0.15) is 13.2 Å². The minimum atomic E-state index is -4.16. The first-order valence-corrected chi connectivity index (χ1v) is 13.0. The van der Waals surface area contributed by atoms with Gasteiger partial charge in [0.25, 0.3) is 0 Å². The molecule has 1 atom stereocenters. The first-order chi connectivity index (χ1) is 17.6. The first-order valence-electron chi connectivity index (χ1n) is 13.0. The molecule has 0 bridgehead atoms. The number of carboxylic acids is 1. The predicted octanol–water partition coefficient (Wildman–Crippen LogP) is 6.47. The number of nitrogens with one attached hydrogen (secondary N) is 1. The summed E-state index contributed by atoms with van der Waals surface area (Å²) in [6.45, 7) is 4.51. The van der Waals surface area contributed by atoms with Crippen molar-refractivity contribution in [3.05, 3.63) is 35.7 Å². The number of rotatable bonds is 7.